The third-order valence-electron chi connectivity index (χ3n) is 1.79. The van der Waals surface area contributed by atoms with Gasteiger partial charge in [0, 0.05) is 6.20 Å². The summed E-state index contributed by atoms with van der Waals surface area (Å²) >= 11 is 1.58. The quantitative estimate of drug-likeness (QED) is 0.428. The van der Waals surface area contributed by atoms with Crippen LogP contribution in [0.25, 0.3) is 10.2 Å². The number of hydrogen-bond donors (Lipinski definition) is 1. The van der Waals surface area contributed by atoms with Gasteiger partial charge in [0.25, 0.3) is 0 Å². The van der Waals surface area contributed by atoms with Crippen molar-refractivity contribution in [3.63, 3.8) is 0 Å². The Morgan fingerprint density at radius 3 is 3.15 bits per heavy atom. The molecular weight excluding hydrogens is 184 g/mol. The Balaban J connectivity index is 2.62. The third kappa shape index (κ3) is 1.40. The van der Waals surface area contributed by atoms with E-state index in [1.165, 1.54) is 0 Å². The molecule has 13 heavy (non-hydrogen) atoms. The van der Waals surface area contributed by atoms with Crippen molar-refractivity contribution in [2.24, 2.45) is 5.16 Å². The van der Waals surface area contributed by atoms with Gasteiger partial charge in [-0.3, -0.25) is 4.98 Å². The van der Waals surface area contributed by atoms with E-state index in [-0.39, 0.29) is 0 Å². The second kappa shape index (κ2) is 3.14. The summed E-state index contributed by atoms with van der Waals surface area (Å²) < 4.78 is 1.11. The summed E-state index contributed by atoms with van der Waals surface area (Å²) in [6, 6.07) is 5.82. The van der Waals surface area contributed by atoms with E-state index in [2.05, 4.69) is 10.1 Å². The Hall–Kier alpha value is -1.42. The van der Waals surface area contributed by atoms with Gasteiger partial charge in [0.15, 0.2) is 0 Å². The first kappa shape index (κ1) is 8.19. The predicted octanol–water partition coefficient (Wildman–Crippen LogP) is 2.49. The Bertz CT molecular complexity index is 428. The summed E-state index contributed by atoms with van der Waals surface area (Å²) in [5.41, 5.74) is 1.58. The molecule has 0 radical (unpaired) electrons. The number of thiophene rings is 1. The minimum absolute atomic E-state index is 0.628. The first-order chi connectivity index (χ1) is 6.31. The molecule has 0 saturated carbocycles. The predicted molar refractivity (Wildman–Crippen MR) is 53.6 cm³/mol. The van der Waals surface area contributed by atoms with Gasteiger partial charge in [-0.1, -0.05) is 5.16 Å². The van der Waals surface area contributed by atoms with Gasteiger partial charge in [-0.15, -0.1) is 11.3 Å². The normalized spacial score (nSPS) is 12.2. The molecule has 2 aromatic heterocycles. The van der Waals surface area contributed by atoms with Crippen LogP contribution in [0.2, 0.25) is 0 Å². The van der Waals surface area contributed by atoms with Crippen LogP contribution in [0, 0.1) is 0 Å². The summed E-state index contributed by atoms with van der Waals surface area (Å²) in [5.74, 6) is 0. The van der Waals surface area contributed by atoms with E-state index in [0.29, 0.717) is 5.71 Å². The molecule has 2 rings (SSSR count). The number of aromatic nitrogens is 1. The lowest BCUT2D eigenvalue weighted by atomic mass is 10.3. The minimum atomic E-state index is 0.628. The average molecular weight is 192 g/mol. The molecule has 0 fully saturated rings. The van der Waals surface area contributed by atoms with E-state index < -0.39 is 0 Å². The standard InChI is InChI=1S/C9H8N2OS/c1-6(11-12)9-5-7-8(13-9)3-2-4-10-7/h2-5,12H,1H3. The summed E-state index contributed by atoms with van der Waals surface area (Å²) in [4.78, 5) is 5.15. The molecule has 0 bridgehead atoms. The third-order valence-corrected chi connectivity index (χ3v) is 2.99. The number of pyridine rings is 1. The Labute approximate surface area is 79.3 Å². The summed E-state index contributed by atoms with van der Waals surface area (Å²) in [6.45, 7) is 1.77. The first-order valence-corrected chi connectivity index (χ1v) is 4.66. The van der Waals surface area contributed by atoms with E-state index in [4.69, 9.17) is 5.21 Å². The van der Waals surface area contributed by atoms with E-state index in [9.17, 15) is 0 Å². The minimum Gasteiger partial charge on any atom is -0.411 e. The van der Waals surface area contributed by atoms with Crippen molar-refractivity contribution in [1.82, 2.24) is 4.98 Å². The SMILES string of the molecule is CC(=NO)c1cc2ncccc2s1. The number of oxime groups is 1. The summed E-state index contributed by atoms with van der Waals surface area (Å²) in [7, 11) is 0. The van der Waals surface area contributed by atoms with Crippen molar-refractivity contribution in [3.05, 3.63) is 29.3 Å². The molecule has 66 valence electrons. The van der Waals surface area contributed by atoms with Gasteiger partial charge in [0.05, 0.1) is 20.8 Å². The number of rotatable bonds is 1. The van der Waals surface area contributed by atoms with E-state index in [1.54, 1.807) is 24.5 Å². The fourth-order valence-electron chi connectivity index (χ4n) is 1.10. The molecule has 3 nitrogen and oxygen atoms in total. The largest absolute Gasteiger partial charge is 0.411 e. The number of hydrogen-bond acceptors (Lipinski definition) is 4. The van der Waals surface area contributed by atoms with Gasteiger partial charge in [0.2, 0.25) is 0 Å². The zero-order valence-corrected chi connectivity index (χ0v) is 7.88. The van der Waals surface area contributed by atoms with Gasteiger partial charge >= 0.3 is 0 Å². The molecule has 0 spiro atoms. The van der Waals surface area contributed by atoms with Crippen molar-refractivity contribution >= 4 is 27.3 Å². The van der Waals surface area contributed by atoms with Crippen LogP contribution < -0.4 is 0 Å². The fourth-order valence-corrected chi connectivity index (χ4v) is 2.06. The van der Waals surface area contributed by atoms with Crippen LogP contribution >= 0.6 is 11.3 Å². The highest BCUT2D eigenvalue weighted by molar-refractivity contribution is 7.20. The smallest absolute Gasteiger partial charge is 0.0937 e. The molecule has 1 N–H and O–H groups in total. The highest BCUT2D eigenvalue weighted by Gasteiger charge is 2.04. The Kier molecular flexibility index (Phi) is 1.98. The van der Waals surface area contributed by atoms with Crippen LogP contribution in [0.1, 0.15) is 11.8 Å². The van der Waals surface area contributed by atoms with Crippen LogP contribution in [0.15, 0.2) is 29.6 Å². The van der Waals surface area contributed by atoms with Crippen molar-refractivity contribution in [2.75, 3.05) is 0 Å². The zero-order valence-electron chi connectivity index (χ0n) is 7.06. The average Bonchev–Trinajstić information content (AvgIpc) is 2.59. The molecule has 0 aromatic carbocycles. The van der Waals surface area contributed by atoms with Crippen molar-refractivity contribution < 1.29 is 5.21 Å². The van der Waals surface area contributed by atoms with E-state index >= 15 is 0 Å². The van der Waals surface area contributed by atoms with Gasteiger partial charge in [-0.05, 0) is 25.1 Å². The van der Waals surface area contributed by atoms with E-state index in [0.717, 1.165) is 15.1 Å². The van der Waals surface area contributed by atoms with Gasteiger partial charge in [-0.25, -0.2) is 0 Å². The van der Waals surface area contributed by atoms with Crippen LogP contribution in [-0.4, -0.2) is 15.9 Å². The van der Waals surface area contributed by atoms with E-state index in [1.807, 2.05) is 18.2 Å². The molecule has 2 heterocycles. The highest BCUT2D eigenvalue weighted by Crippen LogP contribution is 2.23. The second-order valence-electron chi connectivity index (χ2n) is 2.68. The molecule has 0 saturated heterocycles. The monoisotopic (exact) mass is 192 g/mol. The molecule has 0 atom stereocenters. The molecule has 2 aromatic rings. The van der Waals surface area contributed by atoms with Crippen LogP contribution in [0.4, 0.5) is 0 Å². The maximum Gasteiger partial charge on any atom is 0.0937 e. The zero-order chi connectivity index (χ0) is 9.26. The second-order valence-corrected chi connectivity index (χ2v) is 3.77. The lowest BCUT2D eigenvalue weighted by Gasteiger charge is -1.87. The topological polar surface area (TPSA) is 45.5 Å². The maximum atomic E-state index is 8.59. The maximum absolute atomic E-state index is 8.59. The lowest BCUT2D eigenvalue weighted by molar-refractivity contribution is 0.319. The van der Waals surface area contributed by atoms with Gasteiger partial charge in [-0.2, -0.15) is 0 Å². The fraction of sp³-hybridized carbons (Fsp3) is 0.111. The lowest BCUT2D eigenvalue weighted by Crippen LogP contribution is -1.87. The molecule has 0 aliphatic heterocycles. The highest BCUT2D eigenvalue weighted by atomic mass is 32.1. The van der Waals surface area contributed by atoms with Crippen molar-refractivity contribution in [3.8, 4) is 0 Å². The van der Waals surface area contributed by atoms with Gasteiger partial charge < -0.3 is 5.21 Å². The summed E-state index contributed by atoms with van der Waals surface area (Å²) in [6.07, 6.45) is 1.75. The molecule has 0 unspecified atom stereocenters. The van der Waals surface area contributed by atoms with Crippen LogP contribution in [0.3, 0.4) is 0 Å². The van der Waals surface area contributed by atoms with Crippen LogP contribution in [-0.2, 0) is 0 Å². The Morgan fingerprint density at radius 1 is 1.62 bits per heavy atom. The molecule has 0 aliphatic carbocycles. The molecule has 4 heteroatoms. The van der Waals surface area contributed by atoms with Crippen molar-refractivity contribution in [1.29, 1.82) is 0 Å². The number of nitrogens with zero attached hydrogens (tertiary/aromatic N) is 2. The molecule has 0 aliphatic rings. The summed E-state index contributed by atoms with van der Waals surface area (Å²) in [5, 5.41) is 11.7. The van der Waals surface area contributed by atoms with Gasteiger partial charge in [0.1, 0.15) is 0 Å². The van der Waals surface area contributed by atoms with Crippen molar-refractivity contribution in [2.45, 2.75) is 6.92 Å². The molecule has 0 amide bonds. The van der Waals surface area contributed by atoms with Crippen LogP contribution in [0.5, 0.6) is 0 Å². The number of fused-ring (bicyclic) bond motifs is 1. The molecular formula is C9H8N2OS. The Morgan fingerprint density at radius 2 is 2.46 bits per heavy atom. The first-order valence-electron chi connectivity index (χ1n) is 3.85.